The fourth-order valence-corrected chi connectivity index (χ4v) is 3.31. The van der Waals surface area contributed by atoms with E-state index >= 15 is 0 Å². The Balaban J connectivity index is 0.00000264. The lowest BCUT2D eigenvalue weighted by atomic mass is 9.93. The number of carbonyl (C=O) groups is 1. The van der Waals surface area contributed by atoms with Crippen molar-refractivity contribution in [3.8, 4) is 0 Å². The highest BCUT2D eigenvalue weighted by Gasteiger charge is 2.38. The molecule has 1 unspecified atom stereocenters. The number of nitrogens with two attached hydrogens (primary N) is 1. The van der Waals surface area contributed by atoms with Crippen LogP contribution in [-0.4, -0.2) is 33.0 Å². The van der Waals surface area contributed by atoms with Gasteiger partial charge in [-0.2, -0.15) is 0 Å². The van der Waals surface area contributed by atoms with Crippen LogP contribution in [0.15, 0.2) is 29.2 Å². The molecule has 1 amide bonds. The van der Waals surface area contributed by atoms with Crippen LogP contribution in [0.4, 0.5) is 0 Å². The molecule has 0 spiro atoms. The third-order valence-electron chi connectivity index (χ3n) is 4.23. The molecule has 8 heteroatoms. The van der Waals surface area contributed by atoms with Gasteiger partial charge in [0.1, 0.15) is 0 Å². The SMILES string of the molecule is CCC1(C(=O)NCCc2ccc(S(N)(=O)=O)cc2)CCCN1.Cl. The van der Waals surface area contributed by atoms with Gasteiger partial charge in [0.2, 0.25) is 15.9 Å². The van der Waals surface area contributed by atoms with Gasteiger partial charge in [0.25, 0.3) is 0 Å². The van der Waals surface area contributed by atoms with Crippen LogP contribution in [0.1, 0.15) is 31.7 Å². The first-order valence-electron chi connectivity index (χ1n) is 7.52. The number of amides is 1. The van der Waals surface area contributed by atoms with E-state index in [-0.39, 0.29) is 23.2 Å². The van der Waals surface area contributed by atoms with Crippen LogP contribution in [0, 0.1) is 0 Å². The average Bonchev–Trinajstić information content (AvgIpc) is 2.97. The Bertz CT molecular complexity index is 626. The number of halogens is 1. The summed E-state index contributed by atoms with van der Waals surface area (Å²) in [5.41, 5.74) is 0.537. The molecule has 0 radical (unpaired) electrons. The van der Waals surface area contributed by atoms with Crippen LogP contribution in [0.5, 0.6) is 0 Å². The molecule has 1 saturated heterocycles. The predicted octanol–water partition coefficient (Wildman–Crippen LogP) is 0.947. The van der Waals surface area contributed by atoms with E-state index in [0.29, 0.717) is 13.0 Å². The minimum atomic E-state index is -3.65. The molecule has 6 nitrogen and oxygen atoms in total. The maximum absolute atomic E-state index is 12.3. The van der Waals surface area contributed by atoms with Crippen molar-refractivity contribution in [3.05, 3.63) is 29.8 Å². The molecule has 1 aromatic carbocycles. The van der Waals surface area contributed by atoms with E-state index in [1.807, 2.05) is 6.92 Å². The molecule has 0 saturated carbocycles. The molecule has 4 N–H and O–H groups in total. The van der Waals surface area contributed by atoms with Crippen LogP contribution in [0.2, 0.25) is 0 Å². The van der Waals surface area contributed by atoms with Gasteiger partial charge in [-0.1, -0.05) is 19.1 Å². The Morgan fingerprint density at radius 2 is 2.00 bits per heavy atom. The molecule has 0 aromatic heterocycles. The quantitative estimate of drug-likeness (QED) is 0.702. The zero-order chi connectivity index (χ0) is 16.2. The van der Waals surface area contributed by atoms with Gasteiger partial charge >= 0.3 is 0 Å². The summed E-state index contributed by atoms with van der Waals surface area (Å²) in [5, 5.41) is 11.3. The third kappa shape index (κ3) is 4.91. The van der Waals surface area contributed by atoms with E-state index < -0.39 is 15.6 Å². The van der Waals surface area contributed by atoms with Crippen molar-refractivity contribution >= 4 is 28.3 Å². The largest absolute Gasteiger partial charge is 0.354 e. The molecule has 2 rings (SSSR count). The number of carbonyl (C=O) groups excluding carboxylic acids is 1. The highest BCUT2D eigenvalue weighted by molar-refractivity contribution is 7.89. The molecular formula is C15H24ClN3O3S. The van der Waals surface area contributed by atoms with Gasteiger partial charge in [-0.05, 0) is 49.9 Å². The van der Waals surface area contributed by atoms with E-state index in [2.05, 4.69) is 10.6 Å². The first-order chi connectivity index (χ1) is 10.4. The van der Waals surface area contributed by atoms with Gasteiger partial charge in [0.05, 0.1) is 10.4 Å². The van der Waals surface area contributed by atoms with Crippen molar-refractivity contribution in [2.45, 2.75) is 43.0 Å². The Morgan fingerprint density at radius 1 is 1.35 bits per heavy atom. The van der Waals surface area contributed by atoms with Crippen LogP contribution < -0.4 is 15.8 Å². The van der Waals surface area contributed by atoms with Gasteiger partial charge in [-0.25, -0.2) is 13.6 Å². The van der Waals surface area contributed by atoms with Gasteiger partial charge in [-0.15, -0.1) is 12.4 Å². The van der Waals surface area contributed by atoms with Crippen LogP contribution in [-0.2, 0) is 21.2 Å². The standard InChI is InChI=1S/C15H23N3O3S.ClH/c1-2-15(9-3-10-18-15)14(19)17-11-8-12-4-6-13(7-5-12)22(16,20)21;/h4-7,18H,2-3,8-11H2,1H3,(H,17,19)(H2,16,20,21);1H. The molecule has 0 bridgehead atoms. The number of sulfonamides is 1. The smallest absolute Gasteiger partial charge is 0.240 e. The Hall–Kier alpha value is -1.15. The summed E-state index contributed by atoms with van der Waals surface area (Å²) in [7, 11) is -3.65. The van der Waals surface area contributed by atoms with E-state index in [9.17, 15) is 13.2 Å². The van der Waals surface area contributed by atoms with E-state index in [1.54, 1.807) is 12.1 Å². The molecule has 1 aliphatic heterocycles. The predicted molar refractivity (Wildman–Crippen MR) is 92.0 cm³/mol. The topological polar surface area (TPSA) is 101 Å². The van der Waals surface area contributed by atoms with Gasteiger partial charge in [0, 0.05) is 6.54 Å². The Kier molecular flexibility index (Phi) is 7.01. The second kappa shape index (κ2) is 8.10. The lowest BCUT2D eigenvalue weighted by Crippen LogP contribution is -2.53. The van der Waals surface area contributed by atoms with Gasteiger partial charge in [0.15, 0.2) is 0 Å². The van der Waals surface area contributed by atoms with Crippen LogP contribution in [0.25, 0.3) is 0 Å². The summed E-state index contributed by atoms with van der Waals surface area (Å²) >= 11 is 0. The summed E-state index contributed by atoms with van der Waals surface area (Å²) in [6.45, 7) is 3.43. The number of hydrogen-bond acceptors (Lipinski definition) is 4. The van der Waals surface area contributed by atoms with E-state index in [1.165, 1.54) is 12.1 Å². The highest BCUT2D eigenvalue weighted by Crippen LogP contribution is 2.23. The number of rotatable bonds is 6. The van der Waals surface area contributed by atoms with Crippen molar-refractivity contribution in [3.63, 3.8) is 0 Å². The Morgan fingerprint density at radius 3 is 2.48 bits per heavy atom. The minimum Gasteiger partial charge on any atom is -0.354 e. The molecule has 1 aliphatic rings. The summed E-state index contributed by atoms with van der Waals surface area (Å²) in [6, 6.07) is 6.40. The van der Waals surface area contributed by atoms with E-state index in [4.69, 9.17) is 5.14 Å². The summed E-state index contributed by atoms with van der Waals surface area (Å²) in [6.07, 6.45) is 3.33. The maximum atomic E-state index is 12.3. The lowest BCUT2D eigenvalue weighted by molar-refractivity contribution is -0.127. The lowest BCUT2D eigenvalue weighted by Gasteiger charge is -2.26. The van der Waals surface area contributed by atoms with Crippen molar-refractivity contribution in [1.29, 1.82) is 0 Å². The number of hydrogen-bond donors (Lipinski definition) is 3. The van der Waals surface area contributed by atoms with Crippen LogP contribution in [0.3, 0.4) is 0 Å². The monoisotopic (exact) mass is 361 g/mol. The molecule has 1 atom stereocenters. The average molecular weight is 362 g/mol. The first kappa shape index (κ1) is 19.9. The highest BCUT2D eigenvalue weighted by atomic mass is 35.5. The molecule has 23 heavy (non-hydrogen) atoms. The fraction of sp³-hybridized carbons (Fsp3) is 0.533. The van der Waals surface area contributed by atoms with Crippen molar-refractivity contribution in [2.24, 2.45) is 5.14 Å². The van der Waals surface area contributed by atoms with Crippen LogP contribution >= 0.6 is 12.4 Å². The third-order valence-corrected chi connectivity index (χ3v) is 5.16. The second-order valence-corrected chi connectivity index (χ2v) is 7.22. The summed E-state index contributed by atoms with van der Waals surface area (Å²) in [5.74, 6) is 0.0497. The molecule has 0 aliphatic carbocycles. The zero-order valence-electron chi connectivity index (χ0n) is 13.2. The van der Waals surface area contributed by atoms with Crippen molar-refractivity contribution in [1.82, 2.24) is 10.6 Å². The number of primary sulfonamides is 1. The van der Waals surface area contributed by atoms with Gasteiger partial charge < -0.3 is 10.6 Å². The Labute approximate surface area is 143 Å². The first-order valence-corrected chi connectivity index (χ1v) is 9.07. The zero-order valence-corrected chi connectivity index (χ0v) is 14.8. The maximum Gasteiger partial charge on any atom is 0.240 e. The number of nitrogens with one attached hydrogen (secondary N) is 2. The van der Waals surface area contributed by atoms with Crippen molar-refractivity contribution in [2.75, 3.05) is 13.1 Å². The number of benzene rings is 1. The molecular weight excluding hydrogens is 338 g/mol. The summed E-state index contributed by atoms with van der Waals surface area (Å²) in [4.78, 5) is 12.4. The normalized spacial score (nSPS) is 20.8. The minimum absolute atomic E-state index is 0. The fourth-order valence-electron chi connectivity index (χ4n) is 2.80. The molecule has 1 fully saturated rings. The molecule has 1 heterocycles. The van der Waals surface area contributed by atoms with Gasteiger partial charge in [-0.3, -0.25) is 4.79 Å². The molecule has 1 aromatic rings. The molecule has 130 valence electrons. The summed E-state index contributed by atoms with van der Waals surface area (Å²) < 4.78 is 22.4. The second-order valence-electron chi connectivity index (χ2n) is 5.66. The van der Waals surface area contributed by atoms with E-state index in [0.717, 1.165) is 31.4 Å². The van der Waals surface area contributed by atoms with Crippen molar-refractivity contribution < 1.29 is 13.2 Å².